The van der Waals surface area contributed by atoms with Crippen molar-refractivity contribution in [1.29, 1.82) is 0 Å². The van der Waals surface area contributed by atoms with Gasteiger partial charge in [-0.3, -0.25) is 0 Å². The predicted molar refractivity (Wildman–Crippen MR) is 67.0 cm³/mol. The van der Waals surface area contributed by atoms with Gasteiger partial charge in [0.15, 0.2) is 0 Å². The van der Waals surface area contributed by atoms with Crippen molar-refractivity contribution in [2.24, 2.45) is 5.73 Å². The van der Waals surface area contributed by atoms with E-state index in [-0.39, 0.29) is 0 Å². The van der Waals surface area contributed by atoms with Gasteiger partial charge >= 0.3 is 0 Å². The largest absolute Gasteiger partial charge is 0.393 e. The van der Waals surface area contributed by atoms with Gasteiger partial charge in [-0.1, -0.05) is 26.1 Å². The number of aromatic nitrogens is 2. The average molecular weight is 225 g/mol. The summed E-state index contributed by atoms with van der Waals surface area (Å²) in [5, 5.41) is 0. The first-order chi connectivity index (χ1) is 7.11. The molecule has 0 aliphatic rings. The summed E-state index contributed by atoms with van der Waals surface area (Å²) in [6, 6.07) is 0. The van der Waals surface area contributed by atoms with E-state index in [0.29, 0.717) is 10.9 Å². The summed E-state index contributed by atoms with van der Waals surface area (Å²) in [6.07, 6.45) is 6.92. The number of rotatable bonds is 6. The van der Waals surface area contributed by atoms with Crippen LogP contribution in [0.4, 0.5) is 0 Å². The Morgan fingerprint density at radius 3 is 2.87 bits per heavy atom. The van der Waals surface area contributed by atoms with E-state index in [1.54, 1.807) is 0 Å². The van der Waals surface area contributed by atoms with Gasteiger partial charge in [0.05, 0.1) is 4.99 Å². The molecule has 1 heterocycles. The molecule has 2 N–H and O–H groups in total. The van der Waals surface area contributed by atoms with Crippen molar-refractivity contribution >= 4 is 17.2 Å². The molecular formula is C11H19N3S. The van der Waals surface area contributed by atoms with Crippen molar-refractivity contribution in [2.75, 3.05) is 0 Å². The van der Waals surface area contributed by atoms with E-state index in [9.17, 15) is 0 Å². The molecule has 1 aromatic rings. The number of nitrogens with two attached hydrogens (primary N) is 1. The van der Waals surface area contributed by atoms with Crippen molar-refractivity contribution in [3.8, 4) is 0 Å². The second-order valence-electron chi connectivity index (χ2n) is 4.06. The van der Waals surface area contributed by atoms with Crippen molar-refractivity contribution < 1.29 is 0 Å². The highest BCUT2D eigenvalue weighted by Gasteiger charge is 2.06. The van der Waals surface area contributed by atoms with Crippen LogP contribution in [0.5, 0.6) is 0 Å². The van der Waals surface area contributed by atoms with E-state index in [0.717, 1.165) is 31.6 Å². The molecule has 84 valence electrons. The highest BCUT2D eigenvalue weighted by atomic mass is 32.1. The number of nitrogens with zero attached hydrogens (tertiary/aromatic N) is 2. The molecule has 0 saturated carbocycles. The maximum absolute atomic E-state index is 5.44. The first kappa shape index (κ1) is 12.2. The molecule has 0 unspecified atom stereocenters. The molecule has 15 heavy (non-hydrogen) atoms. The van der Waals surface area contributed by atoms with Gasteiger partial charge in [0.2, 0.25) is 0 Å². The van der Waals surface area contributed by atoms with Crippen molar-refractivity contribution in [2.45, 2.75) is 45.6 Å². The molecule has 0 saturated heterocycles. The van der Waals surface area contributed by atoms with Crippen LogP contribution in [0.15, 0.2) is 12.4 Å². The van der Waals surface area contributed by atoms with Gasteiger partial charge in [-0.2, -0.15) is 0 Å². The van der Waals surface area contributed by atoms with Gasteiger partial charge in [0.1, 0.15) is 5.82 Å². The van der Waals surface area contributed by atoms with Crippen molar-refractivity contribution in [3.63, 3.8) is 0 Å². The molecule has 0 radical (unpaired) electrons. The third-order valence-electron chi connectivity index (χ3n) is 2.34. The molecule has 3 nitrogen and oxygen atoms in total. The van der Waals surface area contributed by atoms with Gasteiger partial charge in [-0.15, -0.1) is 0 Å². The molecule has 1 rings (SSSR count). The minimum Gasteiger partial charge on any atom is -0.393 e. The zero-order valence-electron chi connectivity index (χ0n) is 9.44. The van der Waals surface area contributed by atoms with Crippen LogP contribution < -0.4 is 5.73 Å². The quantitative estimate of drug-likeness (QED) is 0.597. The van der Waals surface area contributed by atoms with Gasteiger partial charge in [0, 0.05) is 24.9 Å². The van der Waals surface area contributed by atoms with Crippen molar-refractivity contribution in [3.05, 3.63) is 18.2 Å². The zero-order chi connectivity index (χ0) is 11.3. The van der Waals surface area contributed by atoms with Gasteiger partial charge in [-0.25, -0.2) is 4.98 Å². The maximum Gasteiger partial charge on any atom is 0.111 e. The summed E-state index contributed by atoms with van der Waals surface area (Å²) >= 11 is 4.83. The lowest BCUT2D eigenvalue weighted by Crippen LogP contribution is -2.09. The molecule has 0 fully saturated rings. The second-order valence-corrected chi connectivity index (χ2v) is 4.58. The monoisotopic (exact) mass is 225 g/mol. The van der Waals surface area contributed by atoms with Crippen LogP contribution in [-0.4, -0.2) is 14.5 Å². The van der Waals surface area contributed by atoms with Crippen molar-refractivity contribution in [1.82, 2.24) is 9.55 Å². The third-order valence-corrected chi connectivity index (χ3v) is 2.54. The zero-order valence-corrected chi connectivity index (χ0v) is 10.3. The topological polar surface area (TPSA) is 43.8 Å². The van der Waals surface area contributed by atoms with Crippen LogP contribution in [-0.2, 0) is 6.54 Å². The summed E-state index contributed by atoms with van der Waals surface area (Å²) in [6.45, 7) is 5.33. The standard InChI is InChI=1S/C11H19N3S/c1-9(2)11-13-6-8-14(11)7-4-3-5-10(12)15/h6,8-9H,3-5,7H2,1-2H3,(H2,12,15). The number of unbranched alkanes of at least 4 members (excludes halogenated alkanes) is 1. The molecule has 0 aliphatic carbocycles. The summed E-state index contributed by atoms with van der Waals surface area (Å²) in [5.74, 6) is 1.64. The predicted octanol–water partition coefficient (Wildman–Crippen LogP) is 2.46. The molecular weight excluding hydrogens is 206 g/mol. The van der Waals surface area contributed by atoms with E-state index < -0.39 is 0 Å². The highest BCUT2D eigenvalue weighted by molar-refractivity contribution is 7.80. The molecule has 1 aromatic heterocycles. The molecule has 0 aromatic carbocycles. The second kappa shape index (κ2) is 5.85. The van der Waals surface area contributed by atoms with E-state index in [1.807, 2.05) is 12.4 Å². The van der Waals surface area contributed by atoms with Crippen LogP contribution in [0.25, 0.3) is 0 Å². The Balaban J connectivity index is 2.37. The number of hydrogen-bond donors (Lipinski definition) is 1. The summed E-state index contributed by atoms with van der Waals surface area (Å²) in [4.78, 5) is 4.96. The van der Waals surface area contributed by atoms with E-state index in [1.165, 1.54) is 0 Å². The minimum atomic E-state index is 0.482. The van der Waals surface area contributed by atoms with Gasteiger partial charge in [-0.05, 0) is 19.3 Å². The lowest BCUT2D eigenvalue weighted by Gasteiger charge is -2.09. The highest BCUT2D eigenvalue weighted by Crippen LogP contribution is 2.12. The molecule has 0 bridgehead atoms. The Kier molecular flexibility index (Phi) is 4.75. The van der Waals surface area contributed by atoms with E-state index in [4.69, 9.17) is 18.0 Å². The smallest absolute Gasteiger partial charge is 0.111 e. The fraction of sp³-hybridized carbons (Fsp3) is 0.636. The van der Waals surface area contributed by atoms with Crippen LogP contribution in [0.3, 0.4) is 0 Å². The Bertz CT molecular complexity index is 317. The Morgan fingerprint density at radius 1 is 1.53 bits per heavy atom. The summed E-state index contributed by atoms with van der Waals surface area (Å²) in [7, 11) is 0. The van der Waals surface area contributed by atoms with Crippen LogP contribution in [0.1, 0.15) is 44.9 Å². The Morgan fingerprint density at radius 2 is 2.27 bits per heavy atom. The fourth-order valence-electron chi connectivity index (χ4n) is 1.59. The summed E-state index contributed by atoms with van der Waals surface area (Å²) < 4.78 is 2.21. The first-order valence-electron chi connectivity index (χ1n) is 5.40. The Hall–Kier alpha value is -0.900. The van der Waals surface area contributed by atoms with Crippen LogP contribution in [0, 0.1) is 0 Å². The molecule has 0 aliphatic heterocycles. The van der Waals surface area contributed by atoms with E-state index in [2.05, 4.69) is 23.4 Å². The molecule has 4 heteroatoms. The number of imidazole rings is 1. The minimum absolute atomic E-state index is 0.482. The lowest BCUT2D eigenvalue weighted by molar-refractivity contribution is 0.576. The van der Waals surface area contributed by atoms with Crippen LogP contribution >= 0.6 is 12.2 Å². The molecule has 0 amide bonds. The fourth-order valence-corrected chi connectivity index (χ4v) is 1.74. The summed E-state index contributed by atoms with van der Waals surface area (Å²) in [5.41, 5.74) is 5.44. The number of aryl methyl sites for hydroxylation is 1. The normalized spacial score (nSPS) is 10.9. The molecule has 0 spiro atoms. The number of thiocarbonyl (C=S) groups is 1. The first-order valence-corrected chi connectivity index (χ1v) is 5.81. The molecule has 0 atom stereocenters. The third kappa shape index (κ3) is 4.00. The SMILES string of the molecule is CC(C)c1nccn1CCCCC(N)=S. The van der Waals surface area contributed by atoms with Gasteiger partial charge in [0.25, 0.3) is 0 Å². The maximum atomic E-state index is 5.44. The van der Waals surface area contributed by atoms with E-state index >= 15 is 0 Å². The lowest BCUT2D eigenvalue weighted by atomic mass is 10.2. The number of hydrogen-bond acceptors (Lipinski definition) is 2. The van der Waals surface area contributed by atoms with Crippen LogP contribution in [0.2, 0.25) is 0 Å². The Labute approximate surface area is 96.7 Å². The van der Waals surface area contributed by atoms with Gasteiger partial charge < -0.3 is 10.3 Å². The average Bonchev–Trinajstić information content (AvgIpc) is 2.60.